The number of amides is 3. The van der Waals surface area contributed by atoms with Gasteiger partial charge < -0.3 is 25.4 Å². The molecule has 6 atom stereocenters. The highest BCUT2D eigenvalue weighted by molar-refractivity contribution is 7.09. The summed E-state index contributed by atoms with van der Waals surface area (Å²) in [4.78, 5) is 59.9. The number of piperidine rings is 1. The molecule has 0 aliphatic carbocycles. The molecule has 3 N–H and O–H groups in total. The Bertz CT molecular complexity index is 1320. The average molecular weight is 672 g/mol. The maximum atomic E-state index is 13.6. The maximum Gasteiger partial charge on any atom is 0.306 e. The molecule has 0 unspecified atom stereocenters. The van der Waals surface area contributed by atoms with Gasteiger partial charge in [-0.3, -0.25) is 24.1 Å². The molecule has 0 radical (unpaired) electrons. The second kappa shape index (κ2) is 18.3. The van der Waals surface area contributed by atoms with Crippen LogP contribution in [-0.4, -0.2) is 95.0 Å². The smallest absolute Gasteiger partial charge is 0.306 e. The van der Waals surface area contributed by atoms with Gasteiger partial charge in [-0.2, -0.15) is 0 Å². The Morgan fingerprint density at radius 2 is 1.79 bits per heavy atom. The largest absolute Gasteiger partial charge is 0.481 e. The summed E-state index contributed by atoms with van der Waals surface area (Å²) >= 11 is 1.32. The van der Waals surface area contributed by atoms with Gasteiger partial charge in [0.25, 0.3) is 5.91 Å². The predicted octanol–water partition coefficient (Wildman–Crippen LogP) is 4.53. The van der Waals surface area contributed by atoms with E-state index in [1.807, 2.05) is 63.1 Å². The standard InChI is InChI=1S/C35H53N5O6S/c1-8-46-30(20-29(22(2)3)40(7)34(43)24(5)36-32(42)28-16-12-13-17-39(28)6)33-38-27(21-47-33)31(41)37-26(18-23(4)35(44)45)19-25-14-10-9-11-15-25/h9-11,14-15,21-24,26,28-30H,8,12-13,16-20H2,1-7H3,(H,36,42)(H,37,41)(H,44,45)/t23-,24-,26+,28+,29+,30+/m0/s1. The zero-order valence-corrected chi connectivity index (χ0v) is 29.7. The number of aliphatic carboxylic acids is 1. The molecule has 1 aliphatic heterocycles. The molecule has 0 spiro atoms. The fourth-order valence-corrected chi connectivity index (χ4v) is 7.06. The number of likely N-dealkylation sites (tertiary alicyclic amines) is 1. The van der Waals surface area contributed by atoms with E-state index in [1.54, 1.807) is 31.2 Å². The molecule has 3 amide bonds. The van der Waals surface area contributed by atoms with Crippen LogP contribution in [0, 0.1) is 11.8 Å². The van der Waals surface area contributed by atoms with E-state index in [0.717, 1.165) is 31.4 Å². The molecule has 1 saturated heterocycles. The third-order valence-electron chi connectivity index (χ3n) is 8.99. The Morgan fingerprint density at radius 3 is 2.40 bits per heavy atom. The van der Waals surface area contributed by atoms with Crippen molar-refractivity contribution in [2.45, 2.75) is 103 Å². The highest BCUT2D eigenvalue weighted by Gasteiger charge is 2.33. The zero-order valence-electron chi connectivity index (χ0n) is 28.9. The van der Waals surface area contributed by atoms with Gasteiger partial charge >= 0.3 is 5.97 Å². The number of hydrogen-bond donors (Lipinski definition) is 3. The number of carboxylic acid groups (broad SMARTS) is 1. The second-order valence-corrected chi connectivity index (χ2v) is 14.0. The number of rotatable bonds is 17. The second-order valence-electron chi connectivity index (χ2n) is 13.1. The summed E-state index contributed by atoms with van der Waals surface area (Å²) in [5, 5.41) is 17.8. The van der Waals surface area contributed by atoms with Gasteiger partial charge in [0.1, 0.15) is 22.8 Å². The third kappa shape index (κ3) is 11.1. The molecule has 1 aromatic carbocycles. The van der Waals surface area contributed by atoms with Crippen molar-refractivity contribution in [3.8, 4) is 0 Å². The number of aromatic nitrogens is 1. The van der Waals surface area contributed by atoms with Crippen LogP contribution in [0.25, 0.3) is 0 Å². The topological polar surface area (TPSA) is 141 Å². The number of hydrogen-bond acceptors (Lipinski definition) is 8. The minimum Gasteiger partial charge on any atom is -0.481 e. The molecule has 47 heavy (non-hydrogen) atoms. The number of carbonyl (C=O) groups excluding carboxylic acids is 3. The lowest BCUT2D eigenvalue weighted by molar-refractivity contribution is -0.141. The van der Waals surface area contributed by atoms with Gasteiger partial charge in [-0.15, -0.1) is 11.3 Å². The van der Waals surface area contributed by atoms with E-state index in [-0.39, 0.29) is 47.8 Å². The van der Waals surface area contributed by atoms with Gasteiger partial charge in [0.2, 0.25) is 11.8 Å². The van der Waals surface area contributed by atoms with Crippen molar-refractivity contribution >= 4 is 35.0 Å². The number of thiazole rings is 1. The van der Waals surface area contributed by atoms with Gasteiger partial charge in [-0.25, -0.2) is 4.98 Å². The van der Waals surface area contributed by atoms with Crippen LogP contribution in [0.4, 0.5) is 0 Å². The molecule has 260 valence electrons. The summed E-state index contributed by atoms with van der Waals surface area (Å²) < 4.78 is 6.12. The van der Waals surface area contributed by atoms with Crippen LogP contribution in [0.3, 0.4) is 0 Å². The van der Waals surface area contributed by atoms with Gasteiger partial charge in [0.05, 0.1) is 12.0 Å². The lowest BCUT2D eigenvalue weighted by Gasteiger charge is -2.36. The molecular weight excluding hydrogens is 618 g/mol. The minimum atomic E-state index is -0.912. The molecule has 12 heteroatoms. The third-order valence-corrected chi connectivity index (χ3v) is 9.93. The number of nitrogens with one attached hydrogen (secondary N) is 2. The Labute approximate surface area is 283 Å². The molecule has 1 aromatic heterocycles. The molecule has 2 heterocycles. The maximum absolute atomic E-state index is 13.6. The number of ether oxygens (including phenoxy) is 1. The van der Waals surface area contributed by atoms with Crippen LogP contribution in [0.2, 0.25) is 0 Å². The zero-order chi connectivity index (χ0) is 34.7. The van der Waals surface area contributed by atoms with Crippen molar-refractivity contribution in [2.75, 3.05) is 27.2 Å². The van der Waals surface area contributed by atoms with Crippen LogP contribution >= 0.6 is 11.3 Å². The van der Waals surface area contributed by atoms with Crippen LogP contribution in [0.1, 0.15) is 93.9 Å². The summed E-state index contributed by atoms with van der Waals surface area (Å²) in [5.41, 5.74) is 1.24. The number of nitrogens with zero attached hydrogens (tertiary/aromatic N) is 3. The minimum absolute atomic E-state index is 0.0805. The van der Waals surface area contributed by atoms with E-state index in [4.69, 9.17) is 4.74 Å². The van der Waals surface area contributed by atoms with Crippen molar-refractivity contribution < 1.29 is 29.0 Å². The Morgan fingerprint density at radius 1 is 1.09 bits per heavy atom. The predicted molar refractivity (Wildman–Crippen MR) is 183 cm³/mol. The van der Waals surface area contributed by atoms with Crippen LogP contribution in [0.15, 0.2) is 35.7 Å². The first-order valence-corrected chi connectivity index (χ1v) is 17.6. The van der Waals surface area contributed by atoms with E-state index in [1.165, 1.54) is 11.3 Å². The highest BCUT2D eigenvalue weighted by atomic mass is 32.1. The van der Waals surface area contributed by atoms with Gasteiger partial charge in [0.15, 0.2) is 0 Å². The van der Waals surface area contributed by atoms with Crippen molar-refractivity contribution in [3.63, 3.8) is 0 Å². The van der Waals surface area contributed by atoms with Gasteiger partial charge in [-0.1, -0.05) is 57.5 Å². The van der Waals surface area contributed by atoms with E-state index >= 15 is 0 Å². The molecule has 1 fully saturated rings. The quantitative estimate of drug-likeness (QED) is 0.223. The summed E-state index contributed by atoms with van der Waals surface area (Å²) in [5.74, 6) is -2.13. The molecule has 2 aromatic rings. The molecule has 0 saturated carbocycles. The lowest BCUT2D eigenvalue weighted by Crippen LogP contribution is -2.55. The molecule has 3 rings (SSSR count). The van der Waals surface area contributed by atoms with Crippen molar-refractivity contribution in [3.05, 3.63) is 52.0 Å². The molecular formula is C35H53N5O6S. The van der Waals surface area contributed by atoms with Crippen LogP contribution in [-0.2, 0) is 25.5 Å². The first kappa shape index (κ1) is 38.1. The Hall–Kier alpha value is -3.35. The molecule has 11 nitrogen and oxygen atoms in total. The van der Waals surface area contributed by atoms with E-state index < -0.39 is 30.1 Å². The number of carboxylic acids is 1. The fourth-order valence-electron chi connectivity index (χ4n) is 6.20. The Kier molecular flexibility index (Phi) is 14.8. The summed E-state index contributed by atoms with van der Waals surface area (Å²) in [6.45, 7) is 10.6. The average Bonchev–Trinajstić information content (AvgIpc) is 3.53. The molecule has 1 aliphatic rings. The Balaban J connectivity index is 1.70. The number of carbonyl (C=O) groups is 4. The van der Waals surface area contributed by atoms with Crippen molar-refractivity contribution in [2.24, 2.45) is 11.8 Å². The van der Waals surface area contributed by atoms with Crippen molar-refractivity contribution in [1.29, 1.82) is 0 Å². The van der Waals surface area contributed by atoms with E-state index in [2.05, 4.69) is 15.6 Å². The number of benzene rings is 1. The number of likely N-dealkylation sites (N-methyl/N-ethyl adjacent to an activating group) is 2. The van der Waals surface area contributed by atoms with Crippen LogP contribution in [0.5, 0.6) is 0 Å². The summed E-state index contributed by atoms with van der Waals surface area (Å²) in [6, 6.07) is 8.13. The highest BCUT2D eigenvalue weighted by Crippen LogP contribution is 2.30. The first-order valence-electron chi connectivity index (χ1n) is 16.7. The van der Waals surface area contributed by atoms with E-state index in [0.29, 0.717) is 24.5 Å². The van der Waals surface area contributed by atoms with Gasteiger partial charge in [-0.05, 0) is 64.6 Å². The first-order chi connectivity index (χ1) is 22.3. The summed E-state index contributed by atoms with van der Waals surface area (Å²) in [6.07, 6.45) is 3.63. The van der Waals surface area contributed by atoms with Gasteiger partial charge in [0, 0.05) is 37.5 Å². The molecule has 0 bridgehead atoms. The van der Waals surface area contributed by atoms with Crippen LogP contribution < -0.4 is 10.6 Å². The lowest BCUT2D eigenvalue weighted by atomic mass is 9.95. The normalized spacial score (nSPS) is 18.5. The summed E-state index contributed by atoms with van der Waals surface area (Å²) in [7, 11) is 3.71. The van der Waals surface area contributed by atoms with Crippen molar-refractivity contribution in [1.82, 2.24) is 25.4 Å². The monoisotopic (exact) mass is 671 g/mol. The van der Waals surface area contributed by atoms with E-state index in [9.17, 15) is 24.3 Å². The SMILES string of the molecule is CCO[C@H](C[C@H](C(C)C)N(C)C(=O)[C@H](C)NC(=O)[C@H]1CCCCN1C)c1nc(C(=O)N[C@@H](Cc2ccccc2)C[C@H](C)C(=O)O)cs1. The fraction of sp³-hybridized carbons (Fsp3) is 0.629.